The average molecular weight is 905 g/mol. The second-order valence-electron chi connectivity index (χ2n) is 19.8. The van der Waals surface area contributed by atoms with Gasteiger partial charge in [-0.05, 0) is 44.9 Å². The number of rotatable bonds is 50. The van der Waals surface area contributed by atoms with Crippen molar-refractivity contribution in [2.45, 2.75) is 276 Å². The lowest BCUT2D eigenvalue weighted by molar-refractivity contribution is -0.887. The number of aliphatic carboxylic acids is 1. The van der Waals surface area contributed by atoms with Gasteiger partial charge in [-0.15, -0.1) is 0 Å². The number of likely N-dealkylation sites (N-methyl/N-ethyl adjacent to an activating group) is 1. The molecule has 0 saturated carbocycles. The van der Waals surface area contributed by atoms with Crippen molar-refractivity contribution in [3.8, 4) is 0 Å². The predicted molar refractivity (Wildman–Crippen MR) is 271 cm³/mol. The van der Waals surface area contributed by atoms with E-state index in [1.165, 1.54) is 180 Å². The number of esters is 2. The van der Waals surface area contributed by atoms with Gasteiger partial charge in [-0.1, -0.05) is 224 Å². The predicted octanol–water partition coefficient (Wildman–Crippen LogP) is 16.0. The van der Waals surface area contributed by atoms with Crippen molar-refractivity contribution in [1.29, 1.82) is 0 Å². The zero-order chi connectivity index (χ0) is 47.0. The number of carboxylic acids is 1. The minimum atomic E-state index is -0.872. The van der Waals surface area contributed by atoms with Gasteiger partial charge in [0.1, 0.15) is 6.61 Å². The fraction of sp³-hybridized carbons (Fsp3) is 0.875. The molecule has 0 spiro atoms. The number of carboxylic acid groups (broad SMARTS) is 1. The molecule has 0 bridgehead atoms. The lowest BCUT2D eigenvalue weighted by Gasteiger charge is -2.31. The van der Waals surface area contributed by atoms with Gasteiger partial charge >= 0.3 is 17.9 Å². The maximum Gasteiger partial charge on any atom is 0.362 e. The van der Waals surface area contributed by atoms with Gasteiger partial charge in [0.2, 0.25) is 0 Å². The van der Waals surface area contributed by atoms with Crippen LogP contribution >= 0.6 is 0 Å². The third-order valence-corrected chi connectivity index (χ3v) is 12.6. The largest absolute Gasteiger partial charge is 0.477 e. The lowest BCUT2D eigenvalue weighted by atomic mass is 10.0. The smallest absolute Gasteiger partial charge is 0.362 e. The molecule has 1 N–H and O–H groups in total. The van der Waals surface area contributed by atoms with Crippen LogP contribution in [0.4, 0.5) is 0 Å². The number of hydrogen-bond donors (Lipinski definition) is 1. The second-order valence-corrected chi connectivity index (χ2v) is 19.8. The Hall–Kier alpha value is -2.19. The van der Waals surface area contributed by atoms with Crippen LogP contribution in [0, 0.1) is 0 Å². The molecular formula is C56H106NO7+. The summed E-state index contributed by atoms with van der Waals surface area (Å²) < 4.78 is 17.4. The second kappa shape index (κ2) is 47.3. The van der Waals surface area contributed by atoms with Crippen molar-refractivity contribution >= 4 is 17.9 Å². The lowest BCUT2D eigenvalue weighted by Crippen LogP contribution is -2.50. The summed E-state index contributed by atoms with van der Waals surface area (Å²) >= 11 is 0. The zero-order valence-corrected chi connectivity index (χ0v) is 43.0. The van der Waals surface area contributed by atoms with E-state index in [1.807, 2.05) is 21.1 Å². The molecule has 0 fully saturated rings. The summed E-state index contributed by atoms with van der Waals surface area (Å²) in [6, 6.07) is -0.614. The molecule has 8 nitrogen and oxygen atoms in total. The molecule has 64 heavy (non-hydrogen) atoms. The molecular weight excluding hydrogens is 799 g/mol. The van der Waals surface area contributed by atoms with Crippen LogP contribution in [0.3, 0.4) is 0 Å². The normalized spacial score (nSPS) is 13.0. The number of ether oxygens (including phenoxy) is 3. The monoisotopic (exact) mass is 905 g/mol. The number of carbonyl (C=O) groups excluding carboxylic acids is 2. The highest BCUT2D eigenvalue weighted by Crippen LogP contribution is 2.17. The maximum atomic E-state index is 12.8. The van der Waals surface area contributed by atoms with Crippen LogP contribution in [-0.2, 0) is 28.6 Å². The van der Waals surface area contributed by atoms with E-state index in [0.29, 0.717) is 19.3 Å². The Morgan fingerprint density at radius 1 is 0.469 bits per heavy atom. The highest BCUT2D eigenvalue weighted by atomic mass is 16.6. The molecule has 0 aliphatic carbocycles. The summed E-state index contributed by atoms with van der Waals surface area (Å²) in [5, 5.41) is 9.66. The molecule has 0 rings (SSSR count). The van der Waals surface area contributed by atoms with Crippen molar-refractivity contribution in [2.75, 3.05) is 41.0 Å². The first-order valence-electron chi connectivity index (χ1n) is 27.4. The van der Waals surface area contributed by atoms with Crippen LogP contribution in [-0.4, -0.2) is 80.6 Å². The van der Waals surface area contributed by atoms with Crippen molar-refractivity contribution < 1.29 is 38.2 Å². The Balaban J connectivity index is 4.17. The molecule has 2 unspecified atom stereocenters. The van der Waals surface area contributed by atoms with E-state index in [2.05, 4.69) is 38.2 Å². The standard InChI is InChI=1S/C56H105NO7/c1-6-8-10-12-14-16-18-20-22-24-26-27-28-29-31-32-34-36-38-40-42-44-46-54(58)63-51-52(50-62-49-48-53(56(60)61)57(3,4)5)64-55(59)47-45-43-41-39-37-35-33-30-25-23-21-19-17-15-13-11-9-7-2/h17,19,23,25,52-53H,6-16,18,20-22,24,26-51H2,1-5H3/p+1/b19-17-,25-23-. The number of carbonyl (C=O) groups is 3. The highest BCUT2D eigenvalue weighted by Gasteiger charge is 2.31. The summed E-state index contributed by atoms with van der Waals surface area (Å²) in [4.78, 5) is 37.2. The average Bonchev–Trinajstić information content (AvgIpc) is 3.26. The van der Waals surface area contributed by atoms with Crippen molar-refractivity contribution in [2.24, 2.45) is 0 Å². The zero-order valence-electron chi connectivity index (χ0n) is 43.0. The fourth-order valence-corrected chi connectivity index (χ4v) is 8.36. The van der Waals surface area contributed by atoms with Crippen molar-refractivity contribution in [3.05, 3.63) is 24.3 Å². The molecule has 0 amide bonds. The number of quaternary nitrogens is 1. The van der Waals surface area contributed by atoms with Crippen LogP contribution in [0.15, 0.2) is 24.3 Å². The Bertz CT molecular complexity index is 1100. The van der Waals surface area contributed by atoms with Gasteiger partial charge in [0.15, 0.2) is 12.1 Å². The van der Waals surface area contributed by atoms with Crippen molar-refractivity contribution in [1.82, 2.24) is 0 Å². The molecule has 0 heterocycles. The Kier molecular flexibility index (Phi) is 45.7. The van der Waals surface area contributed by atoms with E-state index in [0.717, 1.165) is 51.4 Å². The van der Waals surface area contributed by atoms with Crippen LogP contribution in [0.2, 0.25) is 0 Å². The fourth-order valence-electron chi connectivity index (χ4n) is 8.36. The van der Waals surface area contributed by atoms with E-state index < -0.39 is 18.1 Å². The Labute approximate surface area is 396 Å². The third kappa shape index (κ3) is 45.0. The van der Waals surface area contributed by atoms with E-state index in [9.17, 15) is 19.5 Å². The molecule has 0 aromatic rings. The van der Waals surface area contributed by atoms with E-state index in [1.54, 1.807) is 0 Å². The van der Waals surface area contributed by atoms with Crippen LogP contribution in [0.5, 0.6) is 0 Å². The number of unbranched alkanes of at least 4 members (excludes halogenated alkanes) is 32. The van der Waals surface area contributed by atoms with Gasteiger partial charge in [0.25, 0.3) is 0 Å². The van der Waals surface area contributed by atoms with Crippen LogP contribution in [0.1, 0.15) is 264 Å². The summed E-state index contributed by atoms with van der Waals surface area (Å²) in [6.07, 6.45) is 55.2. The van der Waals surface area contributed by atoms with Gasteiger partial charge in [-0.25, -0.2) is 4.79 Å². The van der Waals surface area contributed by atoms with E-state index in [4.69, 9.17) is 14.2 Å². The molecule has 376 valence electrons. The molecule has 8 heteroatoms. The maximum absolute atomic E-state index is 12.8. The molecule has 0 radical (unpaired) electrons. The molecule has 0 saturated heterocycles. The summed E-state index contributed by atoms with van der Waals surface area (Å²) in [7, 11) is 5.54. The third-order valence-electron chi connectivity index (χ3n) is 12.6. The Morgan fingerprint density at radius 2 is 0.828 bits per heavy atom. The summed E-state index contributed by atoms with van der Waals surface area (Å²) in [5.41, 5.74) is 0. The number of allylic oxidation sites excluding steroid dienone is 4. The van der Waals surface area contributed by atoms with Crippen LogP contribution < -0.4 is 0 Å². The molecule has 0 aliphatic heterocycles. The topological polar surface area (TPSA) is 99.1 Å². The molecule has 0 aromatic carbocycles. The first-order chi connectivity index (χ1) is 31.1. The first kappa shape index (κ1) is 61.8. The minimum Gasteiger partial charge on any atom is -0.477 e. The van der Waals surface area contributed by atoms with E-state index in [-0.39, 0.29) is 36.2 Å². The number of hydrogen-bond acceptors (Lipinski definition) is 6. The van der Waals surface area contributed by atoms with Gasteiger partial charge in [0.05, 0.1) is 34.4 Å². The van der Waals surface area contributed by atoms with Gasteiger partial charge in [0, 0.05) is 19.3 Å². The molecule has 0 aliphatic rings. The highest BCUT2D eigenvalue weighted by molar-refractivity contribution is 5.72. The first-order valence-corrected chi connectivity index (χ1v) is 27.4. The van der Waals surface area contributed by atoms with Gasteiger partial charge in [-0.2, -0.15) is 0 Å². The van der Waals surface area contributed by atoms with Crippen molar-refractivity contribution in [3.63, 3.8) is 0 Å². The Morgan fingerprint density at radius 3 is 1.22 bits per heavy atom. The SMILES string of the molecule is CCCCCC/C=C\C/C=C\CCCCCCCCCC(=O)OC(COCCC(C(=O)O)[N+](C)(C)C)COC(=O)CCCCCCCCCCCCCCCCCCCCCCCC. The van der Waals surface area contributed by atoms with Gasteiger partial charge < -0.3 is 23.8 Å². The quantitative estimate of drug-likeness (QED) is 0.0281. The van der Waals surface area contributed by atoms with Gasteiger partial charge in [-0.3, -0.25) is 9.59 Å². The molecule has 0 aromatic heterocycles. The molecule has 2 atom stereocenters. The van der Waals surface area contributed by atoms with E-state index >= 15 is 0 Å². The summed E-state index contributed by atoms with van der Waals surface area (Å²) in [5.74, 6) is -1.46. The van der Waals surface area contributed by atoms with Crippen LogP contribution in [0.25, 0.3) is 0 Å². The summed E-state index contributed by atoms with van der Waals surface area (Å²) in [6.45, 7) is 4.76. The minimum absolute atomic E-state index is 0.0490. The number of nitrogens with zero attached hydrogens (tertiary/aromatic N) is 1.